The van der Waals surface area contributed by atoms with Crippen LogP contribution in [0, 0.1) is 0 Å². The van der Waals surface area contributed by atoms with Crippen LogP contribution in [0.15, 0.2) is 0 Å². The van der Waals surface area contributed by atoms with Crippen molar-refractivity contribution in [3.8, 4) is 0 Å². The molecule has 1 aliphatic rings. The van der Waals surface area contributed by atoms with E-state index in [-0.39, 0.29) is 13.0 Å². The van der Waals surface area contributed by atoms with Gasteiger partial charge in [0.2, 0.25) is 0 Å². The van der Waals surface area contributed by atoms with Crippen molar-refractivity contribution in [3.63, 3.8) is 0 Å². The highest BCUT2D eigenvalue weighted by Crippen LogP contribution is 2.29. The Morgan fingerprint density at radius 2 is 2.00 bits per heavy atom. The summed E-state index contributed by atoms with van der Waals surface area (Å²) in [5.74, 6) is 0. The van der Waals surface area contributed by atoms with Gasteiger partial charge >= 0.3 is 13.2 Å². The second-order valence-corrected chi connectivity index (χ2v) is 4.99. The summed E-state index contributed by atoms with van der Waals surface area (Å²) in [5, 5.41) is 28.1. The monoisotopic (exact) mass is 231 g/mol. The zero-order valence-electron chi connectivity index (χ0n) is 9.80. The largest absolute Gasteiger partial charge is 0.508 e. The van der Waals surface area contributed by atoms with E-state index < -0.39 is 24.4 Å². The van der Waals surface area contributed by atoms with Crippen molar-refractivity contribution >= 4 is 13.2 Å². The lowest BCUT2D eigenvalue weighted by Crippen LogP contribution is -2.58. The summed E-state index contributed by atoms with van der Waals surface area (Å²) < 4.78 is 5.07. The molecule has 1 amide bonds. The number of rotatable bonds is 1. The van der Waals surface area contributed by atoms with Crippen LogP contribution in [0.1, 0.15) is 33.6 Å². The van der Waals surface area contributed by atoms with Gasteiger partial charge < -0.3 is 19.9 Å². The third kappa shape index (κ3) is 2.66. The average molecular weight is 231 g/mol. The van der Waals surface area contributed by atoms with E-state index in [0.29, 0.717) is 6.42 Å². The molecule has 0 spiro atoms. The van der Waals surface area contributed by atoms with Gasteiger partial charge in [-0.3, -0.25) is 4.90 Å². The molecule has 1 rings (SSSR count). The van der Waals surface area contributed by atoms with Crippen molar-refractivity contribution in [2.75, 3.05) is 6.54 Å². The standard InChI is InChI=1S/C9H18BNO5/c1-8(2,3)16-7(12)11-6-4-5-9(11,13)10(14)15/h13-15H,4-6H2,1-3H3. The Morgan fingerprint density at radius 1 is 1.44 bits per heavy atom. The first-order valence-corrected chi connectivity index (χ1v) is 5.26. The zero-order chi connectivity index (χ0) is 12.6. The van der Waals surface area contributed by atoms with Gasteiger partial charge in [-0.15, -0.1) is 0 Å². The normalized spacial score (nSPS) is 25.8. The molecule has 92 valence electrons. The Balaban J connectivity index is 2.76. The number of hydrogen-bond donors (Lipinski definition) is 3. The van der Waals surface area contributed by atoms with Gasteiger partial charge in [0.25, 0.3) is 0 Å². The predicted octanol–water partition coefficient (Wildman–Crippen LogP) is -0.282. The predicted molar refractivity (Wildman–Crippen MR) is 57.3 cm³/mol. The summed E-state index contributed by atoms with van der Waals surface area (Å²) >= 11 is 0. The van der Waals surface area contributed by atoms with Crippen LogP contribution in [-0.2, 0) is 4.74 Å². The first-order chi connectivity index (χ1) is 7.17. The third-order valence-electron chi connectivity index (χ3n) is 2.42. The molecular formula is C9H18BNO5. The van der Waals surface area contributed by atoms with Crippen molar-refractivity contribution in [1.29, 1.82) is 0 Å². The lowest BCUT2D eigenvalue weighted by molar-refractivity contribution is -0.0513. The smallest absolute Gasteiger partial charge is 0.444 e. The highest BCUT2D eigenvalue weighted by atomic mass is 16.6. The Kier molecular flexibility index (Phi) is 3.51. The van der Waals surface area contributed by atoms with Crippen molar-refractivity contribution in [2.24, 2.45) is 0 Å². The fraction of sp³-hybridized carbons (Fsp3) is 0.889. The Hall–Kier alpha value is -0.785. The minimum absolute atomic E-state index is 0.129. The number of carbonyl (C=O) groups excluding carboxylic acids is 1. The molecule has 1 unspecified atom stereocenters. The highest BCUT2D eigenvalue weighted by Gasteiger charge is 2.52. The maximum absolute atomic E-state index is 11.7. The number of likely N-dealkylation sites (tertiary alicyclic amines) is 1. The topological polar surface area (TPSA) is 90.2 Å². The summed E-state index contributed by atoms with van der Waals surface area (Å²) in [6.07, 6.45) is -0.0994. The molecule has 1 heterocycles. The van der Waals surface area contributed by atoms with Crippen LogP contribution in [0.5, 0.6) is 0 Å². The molecule has 1 aliphatic heterocycles. The van der Waals surface area contributed by atoms with E-state index in [1.807, 2.05) is 0 Å². The summed E-state index contributed by atoms with van der Waals surface area (Å²) in [7, 11) is -1.98. The first-order valence-electron chi connectivity index (χ1n) is 5.26. The van der Waals surface area contributed by atoms with Crippen LogP contribution in [0.4, 0.5) is 4.79 Å². The quantitative estimate of drug-likeness (QED) is 0.540. The first kappa shape index (κ1) is 13.3. The Morgan fingerprint density at radius 3 is 2.44 bits per heavy atom. The third-order valence-corrected chi connectivity index (χ3v) is 2.42. The van der Waals surface area contributed by atoms with Gasteiger partial charge in [0.1, 0.15) is 5.60 Å². The SMILES string of the molecule is CC(C)(C)OC(=O)N1CCCC1(O)B(O)O. The van der Waals surface area contributed by atoms with Gasteiger partial charge in [0.15, 0.2) is 5.62 Å². The van der Waals surface area contributed by atoms with Crippen LogP contribution in [0.3, 0.4) is 0 Å². The molecule has 0 aromatic carbocycles. The van der Waals surface area contributed by atoms with E-state index in [9.17, 15) is 9.90 Å². The number of amides is 1. The van der Waals surface area contributed by atoms with Crippen molar-refractivity contribution in [1.82, 2.24) is 4.90 Å². The van der Waals surface area contributed by atoms with Crippen LogP contribution in [0.25, 0.3) is 0 Å². The molecule has 0 aromatic rings. The van der Waals surface area contributed by atoms with Crippen molar-refractivity contribution < 1.29 is 24.7 Å². The molecular weight excluding hydrogens is 213 g/mol. The van der Waals surface area contributed by atoms with Gasteiger partial charge in [-0.1, -0.05) is 0 Å². The molecule has 0 aliphatic carbocycles. The molecule has 16 heavy (non-hydrogen) atoms. The van der Waals surface area contributed by atoms with Crippen molar-refractivity contribution in [3.05, 3.63) is 0 Å². The Bertz CT molecular complexity index is 278. The molecule has 0 aromatic heterocycles. The van der Waals surface area contributed by atoms with Crippen LogP contribution in [0.2, 0.25) is 0 Å². The fourth-order valence-corrected chi connectivity index (χ4v) is 1.66. The molecule has 0 radical (unpaired) electrons. The second kappa shape index (κ2) is 4.23. The molecule has 1 atom stereocenters. The molecule has 3 N–H and O–H groups in total. The van der Waals surface area contributed by atoms with E-state index in [1.165, 1.54) is 0 Å². The van der Waals surface area contributed by atoms with Crippen molar-refractivity contribution in [2.45, 2.75) is 44.8 Å². The maximum atomic E-state index is 11.7. The number of ether oxygens (including phenoxy) is 1. The van der Waals surface area contributed by atoms with E-state index >= 15 is 0 Å². The molecule has 0 bridgehead atoms. The van der Waals surface area contributed by atoms with Gasteiger partial charge in [-0.2, -0.15) is 0 Å². The fourth-order valence-electron chi connectivity index (χ4n) is 1.66. The zero-order valence-corrected chi connectivity index (χ0v) is 9.80. The molecule has 1 fully saturated rings. The lowest BCUT2D eigenvalue weighted by atomic mass is 9.73. The van der Waals surface area contributed by atoms with Gasteiger partial charge in [0.05, 0.1) is 0 Å². The molecule has 7 heteroatoms. The average Bonchev–Trinajstić information content (AvgIpc) is 2.45. The minimum Gasteiger partial charge on any atom is -0.444 e. The molecule has 1 saturated heterocycles. The Labute approximate surface area is 95.0 Å². The second-order valence-electron chi connectivity index (χ2n) is 4.99. The summed E-state index contributed by atoms with van der Waals surface area (Å²) in [5.41, 5.74) is -2.61. The van der Waals surface area contributed by atoms with Crippen LogP contribution in [-0.4, -0.2) is 51.0 Å². The number of nitrogens with zero attached hydrogens (tertiary/aromatic N) is 1. The summed E-state index contributed by atoms with van der Waals surface area (Å²) in [6.45, 7) is 5.36. The van der Waals surface area contributed by atoms with E-state index in [2.05, 4.69) is 0 Å². The lowest BCUT2D eigenvalue weighted by Gasteiger charge is -2.34. The highest BCUT2D eigenvalue weighted by molar-refractivity contribution is 6.45. The summed E-state index contributed by atoms with van der Waals surface area (Å²) in [6, 6.07) is 0. The maximum Gasteiger partial charge on any atom is 0.508 e. The van der Waals surface area contributed by atoms with E-state index in [0.717, 1.165) is 4.90 Å². The molecule has 0 saturated carbocycles. The van der Waals surface area contributed by atoms with Gasteiger partial charge in [-0.05, 0) is 33.6 Å². The van der Waals surface area contributed by atoms with Crippen LogP contribution < -0.4 is 0 Å². The molecule has 6 nitrogen and oxygen atoms in total. The van der Waals surface area contributed by atoms with Gasteiger partial charge in [0, 0.05) is 6.54 Å². The van der Waals surface area contributed by atoms with E-state index in [4.69, 9.17) is 14.8 Å². The van der Waals surface area contributed by atoms with Gasteiger partial charge in [-0.25, -0.2) is 4.79 Å². The number of carbonyl (C=O) groups is 1. The minimum atomic E-state index is -1.98. The number of aliphatic hydroxyl groups is 1. The van der Waals surface area contributed by atoms with Crippen LogP contribution >= 0.6 is 0 Å². The summed E-state index contributed by atoms with van der Waals surface area (Å²) in [4.78, 5) is 12.7. The van der Waals surface area contributed by atoms with E-state index in [1.54, 1.807) is 20.8 Å². The number of hydrogen-bond acceptors (Lipinski definition) is 5.